The van der Waals surface area contributed by atoms with Crippen LogP contribution in [0.25, 0.3) is 0 Å². The molecule has 0 atom stereocenters. The lowest BCUT2D eigenvalue weighted by Gasteiger charge is -2.23. The first kappa shape index (κ1) is 24.9. The van der Waals surface area contributed by atoms with Crippen molar-refractivity contribution in [2.75, 3.05) is 29.5 Å². The van der Waals surface area contributed by atoms with E-state index in [2.05, 4.69) is 21.1 Å². The van der Waals surface area contributed by atoms with Crippen LogP contribution in [0.2, 0.25) is 0 Å². The molecule has 2 aromatic rings. The number of nitrogens with zero attached hydrogens (tertiary/aromatic N) is 2. The Kier molecular flexibility index (Phi) is 6.95. The third-order valence-corrected chi connectivity index (χ3v) is 7.03. The minimum atomic E-state index is -3.68. The zero-order valence-electron chi connectivity index (χ0n) is 19.7. The Morgan fingerprint density at radius 1 is 1.14 bits per heavy atom. The molecule has 2 aliphatic carbocycles. The molecule has 0 saturated heterocycles. The normalized spacial score (nSPS) is 15.4. The monoisotopic (exact) mass is 505 g/mol. The summed E-state index contributed by atoms with van der Waals surface area (Å²) in [7, 11) is -2.31. The van der Waals surface area contributed by atoms with Gasteiger partial charge in [0.05, 0.1) is 35.5 Å². The van der Waals surface area contributed by atoms with Gasteiger partial charge in [-0.15, -0.1) is 0 Å². The Balaban J connectivity index is 1.77. The van der Waals surface area contributed by atoms with E-state index in [1.165, 1.54) is 31.4 Å². The van der Waals surface area contributed by atoms with Gasteiger partial charge in [0.2, 0.25) is 10.0 Å². The maximum Gasteiger partial charge on any atom is 0.278 e. The molecule has 35 heavy (non-hydrogen) atoms. The fourth-order valence-electron chi connectivity index (χ4n) is 3.51. The number of rotatable bonds is 10. The highest BCUT2D eigenvalue weighted by molar-refractivity contribution is 7.92. The molecule has 12 heteroatoms. The SMILES string of the molecule is CCONC(=O)c1cnc(C(=O)NC2CC2)cc1Nc1cc(F)c(C2CC2)cc1N(C)S(C)(=O)=O. The Bertz CT molecular complexity index is 1260. The van der Waals surface area contributed by atoms with Gasteiger partial charge in [-0.1, -0.05) is 0 Å². The summed E-state index contributed by atoms with van der Waals surface area (Å²) in [5.41, 5.74) is 3.27. The van der Waals surface area contributed by atoms with Crippen LogP contribution in [0.3, 0.4) is 0 Å². The van der Waals surface area contributed by atoms with E-state index in [1.54, 1.807) is 6.92 Å². The number of hydrogen-bond donors (Lipinski definition) is 3. The topological polar surface area (TPSA) is 130 Å². The van der Waals surface area contributed by atoms with E-state index >= 15 is 0 Å². The van der Waals surface area contributed by atoms with Crippen LogP contribution in [0.5, 0.6) is 0 Å². The number of carbonyl (C=O) groups is 2. The Morgan fingerprint density at radius 3 is 2.46 bits per heavy atom. The molecule has 0 unspecified atom stereocenters. The number of amides is 2. The summed E-state index contributed by atoms with van der Waals surface area (Å²) < 4.78 is 40.7. The summed E-state index contributed by atoms with van der Waals surface area (Å²) in [4.78, 5) is 34.3. The van der Waals surface area contributed by atoms with Crippen molar-refractivity contribution in [3.63, 3.8) is 0 Å². The van der Waals surface area contributed by atoms with Gasteiger partial charge in [-0.25, -0.2) is 18.3 Å². The van der Waals surface area contributed by atoms with Gasteiger partial charge in [-0.05, 0) is 62.3 Å². The number of anilines is 3. The van der Waals surface area contributed by atoms with Crippen LogP contribution in [0.4, 0.5) is 21.5 Å². The fourth-order valence-corrected chi connectivity index (χ4v) is 4.02. The molecule has 4 rings (SSSR count). The van der Waals surface area contributed by atoms with Gasteiger partial charge < -0.3 is 10.6 Å². The second kappa shape index (κ2) is 9.78. The molecule has 1 aromatic carbocycles. The maximum atomic E-state index is 15.0. The zero-order chi connectivity index (χ0) is 25.3. The summed E-state index contributed by atoms with van der Waals surface area (Å²) in [5.74, 6) is -1.48. The number of halogens is 1. The number of sulfonamides is 1. The standard InChI is InChI=1S/C23H28FN5O5S/c1-4-34-28-22(30)16-12-25-20(23(31)26-14-7-8-14)11-18(16)27-19-10-17(24)15(13-5-6-13)9-21(19)29(2)35(3,32)33/h9-14H,4-8H2,1-3H3,(H,25,27)(H,26,31)(H,28,30). The molecule has 10 nitrogen and oxygen atoms in total. The molecule has 2 fully saturated rings. The van der Waals surface area contributed by atoms with Crippen LogP contribution in [0.1, 0.15) is 64.9 Å². The summed E-state index contributed by atoms with van der Waals surface area (Å²) in [6.07, 6.45) is 5.70. The second-order valence-corrected chi connectivity index (χ2v) is 10.8. The predicted octanol–water partition coefficient (Wildman–Crippen LogP) is 2.81. The first-order valence-electron chi connectivity index (χ1n) is 11.4. The predicted molar refractivity (Wildman–Crippen MR) is 129 cm³/mol. The molecule has 2 amide bonds. The van der Waals surface area contributed by atoms with Crippen molar-refractivity contribution in [3.8, 4) is 0 Å². The lowest BCUT2D eigenvalue weighted by molar-refractivity contribution is 0.0365. The first-order valence-corrected chi connectivity index (χ1v) is 13.2. The molecule has 1 aromatic heterocycles. The number of pyridine rings is 1. The molecule has 0 aliphatic heterocycles. The Morgan fingerprint density at radius 2 is 1.86 bits per heavy atom. The summed E-state index contributed by atoms with van der Waals surface area (Å²) in [6, 6.07) is 4.19. The average molecular weight is 506 g/mol. The van der Waals surface area contributed by atoms with E-state index in [9.17, 15) is 22.4 Å². The van der Waals surface area contributed by atoms with Crippen LogP contribution in [-0.4, -0.2) is 51.2 Å². The number of hydroxylamine groups is 1. The summed E-state index contributed by atoms with van der Waals surface area (Å²) >= 11 is 0. The highest BCUT2D eigenvalue weighted by atomic mass is 32.2. The minimum absolute atomic E-state index is 0.0288. The molecule has 1 heterocycles. The number of hydrogen-bond acceptors (Lipinski definition) is 7. The van der Waals surface area contributed by atoms with Crippen molar-refractivity contribution in [1.82, 2.24) is 15.8 Å². The van der Waals surface area contributed by atoms with E-state index in [0.29, 0.717) is 5.56 Å². The van der Waals surface area contributed by atoms with Crippen LogP contribution in [-0.2, 0) is 14.9 Å². The molecule has 3 N–H and O–H groups in total. The molecular weight excluding hydrogens is 477 g/mol. The van der Waals surface area contributed by atoms with Crippen LogP contribution >= 0.6 is 0 Å². The zero-order valence-corrected chi connectivity index (χ0v) is 20.5. The molecule has 2 aliphatic rings. The molecule has 0 bridgehead atoms. The third kappa shape index (κ3) is 5.88. The second-order valence-electron chi connectivity index (χ2n) is 8.75. The number of aromatic nitrogens is 1. The van der Waals surface area contributed by atoms with Gasteiger partial charge in [0.25, 0.3) is 11.8 Å². The Labute approximate surface area is 203 Å². The van der Waals surface area contributed by atoms with E-state index in [4.69, 9.17) is 4.84 Å². The van der Waals surface area contributed by atoms with Crippen molar-refractivity contribution in [3.05, 3.63) is 47.0 Å². The maximum absolute atomic E-state index is 15.0. The van der Waals surface area contributed by atoms with Gasteiger partial charge in [-0.2, -0.15) is 0 Å². The third-order valence-electron chi connectivity index (χ3n) is 5.84. The summed E-state index contributed by atoms with van der Waals surface area (Å²) in [5, 5.41) is 5.79. The molecule has 0 spiro atoms. The van der Waals surface area contributed by atoms with E-state index in [1.807, 2.05) is 0 Å². The minimum Gasteiger partial charge on any atom is -0.353 e. The lowest BCUT2D eigenvalue weighted by atomic mass is 10.1. The fraction of sp³-hybridized carbons (Fsp3) is 0.435. The van der Waals surface area contributed by atoms with Gasteiger partial charge in [0, 0.05) is 19.3 Å². The molecule has 2 saturated carbocycles. The smallest absolute Gasteiger partial charge is 0.278 e. The van der Waals surface area contributed by atoms with Crippen molar-refractivity contribution in [2.24, 2.45) is 0 Å². The largest absolute Gasteiger partial charge is 0.353 e. The number of carbonyl (C=O) groups excluding carboxylic acids is 2. The molecule has 188 valence electrons. The number of benzene rings is 1. The number of nitrogens with one attached hydrogen (secondary N) is 3. The average Bonchev–Trinajstić information content (AvgIpc) is 3.72. The van der Waals surface area contributed by atoms with Gasteiger partial charge >= 0.3 is 0 Å². The van der Waals surface area contributed by atoms with Crippen molar-refractivity contribution >= 4 is 38.9 Å². The van der Waals surface area contributed by atoms with Gasteiger partial charge in [0.15, 0.2) is 0 Å². The van der Waals surface area contributed by atoms with Crippen LogP contribution in [0, 0.1) is 5.82 Å². The quantitative estimate of drug-likeness (QED) is 0.424. The van der Waals surface area contributed by atoms with E-state index in [0.717, 1.165) is 36.2 Å². The van der Waals surface area contributed by atoms with Gasteiger partial charge in [-0.3, -0.25) is 23.7 Å². The first-order chi connectivity index (χ1) is 16.6. The van der Waals surface area contributed by atoms with E-state index < -0.39 is 27.7 Å². The molecule has 0 radical (unpaired) electrons. The van der Waals surface area contributed by atoms with Crippen molar-refractivity contribution in [2.45, 2.75) is 44.6 Å². The van der Waals surface area contributed by atoms with Crippen LogP contribution in [0.15, 0.2) is 24.4 Å². The van der Waals surface area contributed by atoms with Crippen molar-refractivity contribution in [1.29, 1.82) is 0 Å². The highest BCUT2D eigenvalue weighted by Gasteiger charge is 2.30. The van der Waals surface area contributed by atoms with Crippen LogP contribution < -0.4 is 20.4 Å². The van der Waals surface area contributed by atoms with E-state index in [-0.39, 0.29) is 46.9 Å². The van der Waals surface area contributed by atoms with Gasteiger partial charge in [0.1, 0.15) is 11.5 Å². The van der Waals surface area contributed by atoms with Crippen molar-refractivity contribution < 1.29 is 27.2 Å². The lowest BCUT2D eigenvalue weighted by Crippen LogP contribution is -2.28. The summed E-state index contributed by atoms with van der Waals surface area (Å²) in [6.45, 7) is 1.92. The highest BCUT2D eigenvalue weighted by Crippen LogP contribution is 2.45. The molecular formula is C23H28FN5O5S. The Hall–Kier alpha value is -3.25.